The second-order valence-corrected chi connectivity index (χ2v) is 5.86. The molecule has 6 heteroatoms. The fraction of sp³-hybridized carbons (Fsp3) is 0.500. The molecule has 0 heterocycles. The fourth-order valence-corrected chi connectivity index (χ4v) is 2.37. The summed E-state index contributed by atoms with van der Waals surface area (Å²) in [6.45, 7) is 2.57. The number of nitrogens with one attached hydrogen (secondary N) is 1. The molecule has 0 fully saturated rings. The van der Waals surface area contributed by atoms with E-state index in [9.17, 15) is 9.59 Å². The Morgan fingerprint density at radius 2 is 2.05 bits per heavy atom. The van der Waals surface area contributed by atoms with E-state index in [2.05, 4.69) is 21.2 Å². The van der Waals surface area contributed by atoms with Crippen LogP contribution in [0.3, 0.4) is 0 Å². The predicted octanol–water partition coefficient (Wildman–Crippen LogP) is 3.15. The van der Waals surface area contributed by atoms with Gasteiger partial charge in [-0.05, 0) is 43.0 Å². The molecule has 0 spiro atoms. The smallest absolute Gasteiger partial charge is 0.303 e. The highest BCUT2D eigenvalue weighted by Crippen LogP contribution is 2.23. The second-order valence-electron chi connectivity index (χ2n) is 4.95. The average molecular weight is 372 g/mol. The molecule has 1 rings (SSSR count). The van der Waals surface area contributed by atoms with Crippen LogP contribution in [0.15, 0.2) is 22.7 Å². The quantitative estimate of drug-likeness (QED) is 0.619. The van der Waals surface area contributed by atoms with Crippen molar-refractivity contribution in [2.45, 2.75) is 39.0 Å². The van der Waals surface area contributed by atoms with E-state index in [4.69, 9.17) is 9.84 Å². The summed E-state index contributed by atoms with van der Waals surface area (Å²) in [6.07, 6.45) is 3.22. The van der Waals surface area contributed by atoms with Crippen LogP contribution in [-0.2, 0) is 16.0 Å². The van der Waals surface area contributed by atoms with Crippen LogP contribution in [0.1, 0.15) is 38.2 Å². The molecule has 0 radical (unpaired) electrons. The maximum Gasteiger partial charge on any atom is 0.303 e. The van der Waals surface area contributed by atoms with Gasteiger partial charge in [0.25, 0.3) is 5.91 Å². The van der Waals surface area contributed by atoms with Gasteiger partial charge in [0.2, 0.25) is 0 Å². The summed E-state index contributed by atoms with van der Waals surface area (Å²) in [6, 6.07) is 5.71. The number of hydrogen-bond acceptors (Lipinski definition) is 3. The van der Waals surface area contributed by atoms with Crippen LogP contribution in [0.4, 0.5) is 0 Å². The Labute approximate surface area is 139 Å². The Hall–Kier alpha value is -1.56. The van der Waals surface area contributed by atoms with Crippen molar-refractivity contribution >= 4 is 27.8 Å². The molecular formula is C16H22BrNO4. The van der Waals surface area contributed by atoms with Gasteiger partial charge >= 0.3 is 5.97 Å². The number of hydrogen-bond donors (Lipinski definition) is 2. The van der Waals surface area contributed by atoms with E-state index in [0.29, 0.717) is 13.0 Å². The van der Waals surface area contributed by atoms with E-state index >= 15 is 0 Å². The summed E-state index contributed by atoms with van der Waals surface area (Å²) >= 11 is 3.41. The summed E-state index contributed by atoms with van der Waals surface area (Å²) in [5, 5.41) is 11.3. The van der Waals surface area contributed by atoms with E-state index < -0.39 is 5.97 Å². The van der Waals surface area contributed by atoms with Gasteiger partial charge in [0, 0.05) is 17.4 Å². The van der Waals surface area contributed by atoms with Gasteiger partial charge < -0.3 is 15.2 Å². The van der Waals surface area contributed by atoms with Crippen molar-refractivity contribution in [2.24, 2.45) is 0 Å². The predicted molar refractivity (Wildman–Crippen MR) is 88.1 cm³/mol. The van der Waals surface area contributed by atoms with Gasteiger partial charge in [0.05, 0.1) is 0 Å². The van der Waals surface area contributed by atoms with Crippen LogP contribution >= 0.6 is 15.9 Å². The number of carbonyl (C=O) groups is 2. The minimum atomic E-state index is -0.779. The molecule has 5 nitrogen and oxygen atoms in total. The number of carboxylic acids is 1. The van der Waals surface area contributed by atoms with Gasteiger partial charge in [-0.15, -0.1) is 0 Å². The number of ether oxygens (including phenoxy) is 1. The Morgan fingerprint density at radius 1 is 1.27 bits per heavy atom. The van der Waals surface area contributed by atoms with Gasteiger partial charge in [0.15, 0.2) is 6.61 Å². The molecule has 0 saturated heterocycles. The summed E-state index contributed by atoms with van der Waals surface area (Å²) < 4.78 is 6.53. The summed E-state index contributed by atoms with van der Waals surface area (Å²) in [5.74, 6) is -0.218. The molecule has 2 N–H and O–H groups in total. The number of benzene rings is 1. The number of carboxylic acid groups (broad SMARTS) is 1. The van der Waals surface area contributed by atoms with Crippen molar-refractivity contribution in [3.05, 3.63) is 28.2 Å². The third-order valence-electron chi connectivity index (χ3n) is 3.15. The zero-order chi connectivity index (χ0) is 16.4. The first-order chi connectivity index (χ1) is 10.5. The molecular weight excluding hydrogens is 350 g/mol. The van der Waals surface area contributed by atoms with Crippen LogP contribution in [-0.4, -0.2) is 30.1 Å². The van der Waals surface area contributed by atoms with Crippen LogP contribution in [0.5, 0.6) is 5.75 Å². The lowest BCUT2D eigenvalue weighted by Crippen LogP contribution is -2.29. The first-order valence-electron chi connectivity index (χ1n) is 7.42. The molecule has 0 aliphatic rings. The molecule has 22 heavy (non-hydrogen) atoms. The zero-order valence-corrected chi connectivity index (χ0v) is 14.3. The van der Waals surface area contributed by atoms with Crippen LogP contribution in [0, 0.1) is 0 Å². The Bertz CT molecular complexity index is 505. The molecule has 0 aliphatic heterocycles. The van der Waals surface area contributed by atoms with Crippen molar-refractivity contribution in [1.82, 2.24) is 5.32 Å². The van der Waals surface area contributed by atoms with E-state index in [-0.39, 0.29) is 18.9 Å². The lowest BCUT2D eigenvalue weighted by molar-refractivity contribution is -0.137. The molecule has 0 aliphatic carbocycles. The molecule has 0 aromatic heterocycles. The summed E-state index contributed by atoms with van der Waals surface area (Å²) in [5.41, 5.74) is 1.05. The highest BCUT2D eigenvalue weighted by Gasteiger charge is 2.06. The van der Waals surface area contributed by atoms with Gasteiger partial charge in [-0.3, -0.25) is 9.59 Å². The number of rotatable bonds is 10. The van der Waals surface area contributed by atoms with Crippen molar-refractivity contribution in [3.8, 4) is 5.75 Å². The van der Waals surface area contributed by atoms with Crippen molar-refractivity contribution < 1.29 is 19.4 Å². The standard InChI is InChI=1S/C16H22BrNO4/c1-2-12-10-13(17)7-8-14(12)22-11-15(19)18-9-5-3-4-6-16(20)21/h7-8,10H,2-6,9,11H2,1H3,(H,18,19)(H,20,21). The molecule has 0 saturated carbocycles. The van der Waals surface area contributed by atoms with Crippen molar-refractivity contribution in [3.63, 3.8) is 0 Å². The highest BCUT2D eigenvalue weighted by molar-refractivity contribution is 9.10. The van der Waals surface area contributed by atoms with Crippen molar-refractivity contribution in [1.29, 1.82) is 0 Å². The number of aryl methyl sites for hydroxylation is 1. The SMILES string of the molecule is CCc1cc(Br)ccc1OCC(=O)NCCCCCC(=O)O. The third kappa shape index (κ3) is 7.45. The lowest BCUT2D eigenvalue weighted by Gasteiger charge is -2.11. The first-order valence-corrected chi connectivity index (χ1v) is 8.22. The third-order valence-corrected chi connectivity index (χ3v) is 3.65. The number of aliphatic carboxylic acids is 1. The van der Waals surface area contributed by atoms with Crippen LogP contribution in [0.2, 0.25) is 0 Å². The summed E-state index contributed by atoms with van der Waals surface area (Å²) in [7, 11) is 0. The lowest BCUT2D eigenvalue weighted by atomic mass is 10.1. The highest BCUT2D eigenvalue weighted by atomic mass is 79.9. The van der Waals surface area contributed by atoms with Gasteiger partial charge in [-0.1, -0.05) is 29.3 Å². The fourth-order valence-electron chi connectivity index (χ4n) is 1.97. The Balaban J connectivity index is 2.22. The Kier molecular flexibility index (Phi) is 8.58. The minimum absolute atomic E-state index is 0.0102. The van der Waals surface area contributed by atoms with E-state index in [1.54, 1.807) is 0 Å². The minimum Gasteiger partial charge on any atom is -0.483 e. The number of unbranched alkanes of at least 4 members (excludes halogenated alkanes) is 2. The van der Waals surface area contributed by atoms with Gasteiger partial charge in [-0.25, -0.2) is 0 Å². The van der Waals surface area contributed by atoms with Crippen LogP contribution in [0.25, 0.3) is 0 Å². The van der Waals surface area contributed by atoms with E-state index in [0.717, 1.165) is 35.0 Å². The van der Waals surface area contributed by atoms with E-state index in [1.807, 2.05) is 25.1 Å². The zero-order valence-electron chi connectivity index (χ0n) is 12.7. The topological polar surface area (TPSA) is 75.6 Å². The molecule has 122 valence electrons. The van der Waals surface area contributed by atoms with Crippen LogP contribution < -0.4 is 10.1 Å². The molecule has 1 aromatic rings. The number of carbonyl (C=O) groups excluding carboxylic acids is 1. The molecule has 0 atom stereocenters. The maximum atomic E-state index is 11.7. The van der Waals surface area contributed by atoms with Gasteiger partial charge in [0.1, 0.15) is 5.75 Å². The van der Waals surface area contributed by atoms with Gasteiger partial charge in [-0.2, -0.15) is 0 Å². The normalized spacial score (nSPS) is 10.3. The molecule has 1 amide bonds. The van der Waals surface area contributed by atoms with E-state index in [1.165, 1.54) is 0 Å². The Morgan fingerprint density at radius 3 is 2.73 bits per heavy atom. The average Bonchev–Trinajstić information content (AvgIpc) is 2.49. The molecule has 0 unspecified atom stereocenters. The number of halogens is 1. The summed E-state index contributed by atoms with van der Waals surface area (Å²) in [4.78, 5) is 22.0. The van der Waals surface area contributed by atoms with Crippen molar-refractivity contribution in [2.75, 3.05) is 13.2 Å². The second kappa shape index (κ2) is 10.2. The number of amides is 1. The molecule has 0 bridgehead atoms. The molecule has 1 aromatic carbocycles. The first kappa shape index (κ1) is 18.5. The maximum absolute atomic E-state index is 11.7. The monoisotopic (exact) mass is 371 g/mol. The largest absolute Gasteiger partial charge is 0.483 e.